The number of phenolic OH excluding ortho intramolecular Hbond substituents is 1. The van der Waals surface area contributed by atoms with Crippen LogP contribution in [0.4, 0.5) is 5.69 Å². The number of rotatable bonds is 7. The minimum absolute atomic E-state index is 0.0770. The topological polar surface area (TPSA) is 91.7 Å². The normalized spacial score (nSPS) is 10.8. The van der Waals surface area contributed by atoms with Crippen LogP contribution < -0.4 is 10.1 Å². The number of phenols is 1. The molecule has 0 saturated carbocycles. The van der Waals surface area contributed by atoms with Gasteiger partial charge in [-0.2, -0.15) is 0 Å². The Morgan fingerprint density at radius 3 is 2.56 bits per heavy atom. The predicted octanol–water partition coefficient (Wildman–Crippen LogP) is 4.84. The molecule has 1 aromatic carbocycles. The van der Waals surface area contributed by atoms with Gasteiger partial charge in [-0.05, 0) is 38.0 Å². The van der Waals surface area contributed by atoms with Crippen LogP contribution in [-0.2, 0) is 0 Å². The van der Waals surface area contributed by atoms with Gasteiger partial charge in [0.15, 0.2) is 11.5 Å². The highest BCUT2D eigenvalue weighted by Gasteiger charge is 2.22. The SMILES string of the molecule is CCC(CC)Nc1cc(C)nc(Oc2ccc(Cl)cc2O)c1C(=O)O. The second-order valence-electron chi connectivity index (χ2n) is 5.67. The highest BCUT2D eigenvalue weighted by molar-refractivity contribution is 6.30. The van der Waals surface area contributed by atoms with Gasteiger partial charge in [0.25, 0.3) is 0 Å². The fourth-order valence-electron chi connectivity index (χ4n) is 2.43. The summed E-state index contributed by atoms with van der Waals surface area (Å²) in [4.78, 5) is 16.0. The van der Waals surface area contributed by atoms with Gasteiger partial charge < -0.3 is 20.3 Å². The molecule has 3 N–H and O–H groups in total. The summed E-state index contributed by atoms with van der Waals surface area (Å²) in [5.74, 6) is -1.36. The Balaban J connectivity index is 2.49. The zero-order chi connectivity index (χ0) is 18.6. The van der Waals surface area contributed by atoms with Crippen molar-refractivity contribution in [3.63, 3.8) is 0 Å². The first-order valence-corrected chi connectivity index (χ1v) is 8.41. The number of aromatic nitrogens is 1. The monoisotopic (exact) mass is 364 g/mol. The lowest BCUT2D eigenvalue weighted by atomic mass is 10.1. The van der Waals surface area contributed by atoms with Crippen LogP contribution in [0.1, 0.15) is 42.7 Å². The van der Waals surface area contributed by atoms with E-state index < -0.39 is 5.97 Å². The molecule has 2 rings (SSSR count). The first-order chi connectivity index (χ1) is 11.8. The molecule has 0 amide bonds. The number of carbonyl (C=O) groups is 1. The minimum atomic E-state index is -1.16. The summed E-state index contributed by atoms with van der Waals surface area (Å²) >= 11 is 5.81. The van der Waals surface area contributed by atoms with Crippen LogP contribution in [-0.4, -0.2) is 27.2 Å². The number of nitrogens with one attached hydrogen (secondary N) is 1. The number of carboxylic acid groups (broad SMARTS) is 1. The molecule has 1 heterocycles. The zero-order valence-corrected chi connectivity index (χ0v) is 15.1. The number of hydrogen-bond donors (Lipinski definition) is 3. The summed E-state index contributed by atoms with van der Waals surface area (Å²) in [6.07, 6.45) is 1.70. The number of pyridine rings is 1. The zero-order valence-electron chi connectivity index (χ0n) is 14.3. The van der Waals surface area contributed by atoms with Gasteiger partial charge in [-0.15, -0.1) is 0 Å². The van der Waals surface area contributed by atoms with Crippen molar-refractivity contribution in [2.75, 3.05) is 5.32 Å². The van der Waals surface area contributed by atoms with Crippen LogP contribution >= 0.6 is 11.6 Å². The van der Waals surface area contributed by atoms with E-state index in [1.807, 2.05) is 13.8 Å². The molecule has 6 nitrogen and oxygen atoms in total. The molecule has 0 radical (unpaired) electrons. The van der Waals surface area contributed by atoms with Gasteiger partial charge in [-0.1, -0.05) is 25.4 Å². The van der Waals surface area contributed by atoms with Gasteiger partial charge in [0, 0.05) is 22.8 Å². The molecule has 2 aromatic rings. The fourth-order valence-corrected chi connectivity index (χ4v) is 2.60. The Kier molecular flexibility index (Phi) is 6.09. The quantitative estimate of drug-likeness (QED) is 0.651. The molecule has 134 valence electrons. The molecular formula is C18H21ClN2O4. The van der Waals surface area contributed by atoms with Gasteiger partial charge in [0.05, 0.1) is 5.69 Å². The number of aromatic carboxylic acids is 1. The van der Waals surface area contributed by atoms with Crippen molar-refractivity contribution in [2.24, 2.45) is 0 Å². The number of hydrogen-bond acceptors (Lipinski definition) is 5. The lowest BCUT2D eigenvalue weighted by Crippen LogP contribution is -2.20. The third kappa shape index (κ3) is 4.54. The van der Waals surface area contributed by atoms with Gasteiger partial charge in [0.2, 0.25) is 5.88 Å². The van der Waals surface area contributed by atoms with Gasteiger partial charge in [-0.25, -0.2) is 9.78 Å². The average Bonchev–Trinajstić information content (AvgIpc) is 2.54. The van der Waals surface area contributed by atoms with Crippen molar-refractivity contribution >= 4 is 23.3 Å². The molecule has 0 saturated heterocycles. The average molecular weight is 365 g/mol. The third-order valence-electron chi connectivity index (χ3n) is 3.80. The minimum Gasteiger partial charge on any atom is -0.504 e. The summed E-state index contributed by atoms with van der Waals surface area (Å²) in [7, 11) is 0. The molecule has 0 aliphatic carbocycles. The summed E-state index contributed by atoms with van der Waals surface area (Å²) in [5, 5.41) is 23.2. The molecule has 1 aromatic heterocycles. The van der Waals surface area contributed by atoms with Crippen molar-refractivity contribution in [1.29, 1.82) is 0 Å². The second-order valence-corrected chi connectivity index (χ2v) is 6.10. The van der Waals surface area contributed by atoms with Crippen LogP contribution in [0.15, 0.2) is 24.3 Å². The van der Waals surface area contributed by atoms with E-state index in [0.29, 0.717) is 16.4 Å². The first kappa shape index (κ1) is 18.9. The number of benzene rings is 1. The number of nitrogens with zero attached hydrogens (tertiary/aromatic N) is 1. The number of ether oxygens (including phenoxy) is 1. The van der Waals surface area contributed by atoms with Crippen LogP contribution in [0, 0.1) is 6.92 Å². The van der Waals surface area contributed by atoms with Crippen molar-refractivity contribution in [1.82, 2.24) is 4.98 Å². The maximum absolute atomic E-state index is 11.8. The van der Waals surface area contributed by atoms with E-state index in [2.05, 4.69) is 10.3 Å². The van der Waals surface area contributed by atoms with Crippen molar-refractivity contribution < 1.29 is 19.7 Å². The highest BCUT2D eigenvalue weighted by Crippen LogP contribution is 2.36. The van der Waals surface area contributed by atoms with E-state index in [9.17, 15) is 15.0 Å². The smallest absolute Gasteiger partial charge is 0.343 e. The molecule has 0 aliphatic heterocycles. The van der Waals surface area contributed by atoms with Crippen molar-refractivity contribution in [2.45, 2.75) is 39.7 Å². The summed E-state index contributed by atoms with van der Waals surface area (Å²) < 4.78 is 5.59. The molecular weight excluding hydrogens is 344 g/mol. The Bertz CT molecular complexity index is 776. The number of aryl methyl sites for hydroxylation is 1. The first-order valence-electron chi connectivity index (χ1n) is 8.03. The van der Waals surface area contributed by atoms with E-state index in [0.717, 1.165) is 12.8 Å². The molecule has 0 bridgehead atoms. The summed E-state index contributed by atoms with van der Waals surface area (Å²) in [6.45, 7) is 5.80. The molecule has 7 heteroatoms. The number of carboxylic acids is 1. The number of aromatic hydroxyl groups is 1. The Hall–Kier alpha value is -2.47. The van der Waals surface area contributed by atoms with Crippen LogP contribution in [0.2, 0.25) is 5.02 Å². The number of anilines is 1. The maximum Gasteiger partial charge on any atom is 0.343 e. The van der Waals surface area contributed by atoms with E-state index in [4.69, 9.17) is 16.3 Å². The number of halogens is 1. The highest BCUT2D eigenvalue weighted by atomic mass is 35.5. The molecule has 0 atom stereocenters. The molecule has 0 fully saturated rings. The van der Waals surface area contributed by atoms with Crippen LogP contribution in [0.25, 0.3) is 0 Å². The standard InChI is InChI=1S/C18H21ClN2O4/c1-4-12(5-2)21-13-8-10(3)20-17(16(13)18(23)24)25-15-7-6-11(19)9-14(15)22/h6-9,12,22H,4-5H2,1-3H3,(H,20,21)(H,23,24). The van der Waals surface area contributed by atoms with Crippen molar-refractivity contribution in [3.05, 3.63) is 40.5 Å². The molecule has 25 heavy (non-hydrogen) atoms. The Labute approximate surface area is 151 Å². The maximum atomic E-state index is 11.8. The lowest BCUT2D eigenvalue weighted by molar-refractivity contribution is 0.0694. The van der Waals surface area contributed by atoms with Crippen molar-refractivity contribution in [3.8, 4) is 17.4 Å². The lowest BCUT2D eigenvalue weighted by Gasteiger charge is -2.20. The van der Waals surface area contributed by atoms with E-state index in [1.165, 1.54) is 18.2 Å². The third-order valence-corrected chi connectivity index (χ3v) is 4.04. The fraction of sp³-hybridized carbons (Fsp3) is 0.333. The Morgan fingerprint density at radius 2 is 2.00 bits per heavy atom. The largest absolute Gasteiger partial charge is 0.504 e. The van der Waals surface area contributed by atoms with Gasteiger partial charge in [-0.3, -0.25) is 0 Å². The van der Waals surface area contributed by atoms with E-state index in [-0.39, 0.29) is 29.0 Å². The van der Waals surface area contributed by atoms with E-state index >= 15 is 0 Å². The summed E-state index contributed by atoms with van der Waals surface area (Å²) in [6, 6.07) is 6.13. The van der Waals surface area contributed by atoms with Crippen LogP contribution in [0.3, 0.4) is 0 Å². The molecule has 0 aliphatic rings. The Morgan fingerprint density at radius 1 is 1.32 bits per heavy atom. The van der Waals surface area contributed by atoms with Crippen LogP contribution in [0.5, 0.6) is 17.4 Å². The molecule has 0 spiro atoms. The summed E-state index contributed by atoms with van der Waals surface area (Å²) in [5.41, 5.74) is 0.964. The molecule has 0 unspecified atom stereocenters. The second kappa shape index (κ2) is 8.07. The predicted molar refractivity (Wildman–Crippen MR) is 97.1 cm³/mol. The van der Waals surface area contributed by atoms with Gasteiger partial charge >= 0.3 is 5.97 Å². The van der Waals surface area contributed by atoms with E-state index in [1.54, 1.807) is 13.0 Å². The van der Waals surface area contributed by atoms with Gasteiger partial charge in [0.1, 0.15) is 5.56 Å².